The summed E-state index contributed by atoms with van der Waals surface area (Å²) in [5.74, 6) is -0.0463. The van der Waals surface area contributed by atoms with Crippen molar-refractivity contribution in [2.75, 3.05) is 6.61 Å². The first kappa shape index (κ1) is 40.9. The number of aliphatic hydroxyl groups excluding tert-OH is 2. The number of amides is 1. The van der Waals surface area contributed by atoms with Crippen LogP contribution in [-0.4, -0.2) is 34.9 Å². The zero-order chi connectivity index (χ0) is 30.8. The molecule has 0 spiro atoms. The minimum absolute atomic E-state index is 0.0463. The molecule has 2 atom stereocenters. The number of rotatable bonds is 33. The lowest BCUT2D eigenvalue weighted by Crippen LogP contribution is -2.45. The van der Waals surface area contributed by atoms with Crippen molar-refractivity contribution in [2.24, 2.45) is 0 Å². The molecule has 0 radical (unpaired) electrons. The quantitative estimate of drug-likeness (QED) is 0.0525. The maximum Gasteiger partial charge on any atom is 0.220 e. The number of carbonyl (C=O) groups is 1. The van der Waals surface area contributed by atoms with Crippen molar-refractivity contribution in [3.05, 3.63) is 24.3 Å². The summed E-state index contributed by atoms with van der Waals surface area (Å²) in [4.78, 5) is 12.3. The molecule has 0 bridgehead atoms. The largest absolute Gasteiger partial charge is 0.394 e. The van der Waals surface area contributed by atoms with Crippen molar-refractivity contribution in [3.8, 4) is 0 Å². The van der Waals surface area contributed by atoms with E-state index in [1.54, 1.807) is 0 Å². The van der Waals surface area contributed by atoms with Gasteiger partial charge in [-0.1, -0.05) is 173 Å². The third-order valence-electron chi connectivity index (χ3n) is 8.47. The molecule has 4 nitrogen and oxygen atoms in total. The van der Waals surface area contributed by atoms with Gasteiger partial charge in [-0.15, -0.1) is 0 Å². The minimum Gasteiger partial charge on any atom is -0.394 e. The fourth-order valence-electron chi connectivity index (χ4n) is 5.55. The lowest BCUT2D eigenvalue weighted by atomic mass is 10.0. The summed E-state index contributed by atoms with van der Waals surface area (Å²) >= 11 is 0. The maximum atomic E-state index is 12.3. The van der Waals surface area contributed by atoms with Crippen LogP contribution in [0.5, 0.6) is 0 Å². The molecule has 2 unspecified atom stereocenters. The number of aliphatic hydroxyl groups is 2. The zero-order valence-electron chi connectivity index (χ0n) is 28.3. The summed E-state index contributed by atoms with van der Waals surface area (Å²) in [5.41, 5.74) is 0. The van der Waals surface area contributed by atoms with Crippen LogP contribution in [0, 0.1) is 0 Å². The Bertz CT molecular complexity index is 603. The third-order valence-corrected chi connectivity index (χ3v) is 8.47. The fraction of sp³-hybridized carbons (Fsp3) is 0.868. The van der Waals surface area contributed by atoms with E-state index >= 15 is 0 Å². The van der Waals surface area contributed by atoms with E-state index in [2.05, 4.69) is 43.5 Å². The van der Waals surface area contributed by atoms with Gasteiger partial charge in [0.05, 0.1) is 18.8 Å². The molecule has 0 aliphatic rings. The van der Waals surface area contributed by atoms with Gasteiger partial charge in [-0.25, -0.2) is 0 Å². The number of carbonyl (C=O) groups excluding carboxylic acids is 1. The van der Waals surface area contributed by atoms with Gasteiger partial charge in [-0.3, -0.25) is 4.79 Å². The fourth-order valence-corrected chi connectivity index (χ4v) is 5.55. The Morgan fingerprint density at radius 3 is 1.50 bits per heavy atom. The predicted octanol–water partition coefficient (Wildman–Crippen LogP) is 10.9. The second-order valence-electron chi connectivity index (χ2n) is 12.6. The molecule has 0 fully saturated rings. The van der Waals surface area contributed by atoms with Gasteiger partial charge in [0, 0.05) is 6.42 Å². The van der Waals surface area contributed by atoms with Crippen LogP contribution in [0.4, 0.5) is 0 Å². The van der Waals surface area contributed by atoms with Crippen LogP contribution in [0.3, 0.4) is 0 Å². The highest BCUT2D eigenvalue weighted by molar-refractivity contribution is 5.76. The number of unbranched alkanes of at least 4 members (excludes halogenated alkanes) is 22. The summed E-state index contributed by atoms with van der Waals surface area (Å²) in [6.45, 7) is 4.30. The van der Waals surface area contributed by atoms with Crippen molar-refractivity contribution in [1.29, 1.82) is 0 Å². The SMILES string of the molecule is CCCC/C=C\C/C=C\CCCCCCCC(=O)NC(CO)C(O)CCCCCCCCCCCCCCCCCC. The van der Waals surface area contributed by atoms with Gasteiger partial charge in [-0.05, 0) is 38.5 Å². The molecule has 0 saturated carbocycles. The van der Waals surface area contributed by atoms with Crippen LogP contribution in [0.25, 0.3) is 0 Å². The standard InChI is InChI=1S/C38H73NO3/c1-3-5-7-9-11-13-15-17-19-20-21-23-25-27-29-31-33-37(41)36(35-40)39-38(42)34-32-30-28-26-24-22-18-16-14-12-10-8-6-4-2/h10,12,16,18,36-37,40-41H,3-9,11,13-15,17,19-35H2,1-2H3,(H,39,42)/b12-10-,18-16-. The molecule has 0 aliphatic heterocycles. The third kappa shape index (κ3) is 30.3. The summed E-state index contributed by atoms with van der Waals surface area (Å²) in [6, 6.07) is -0.540. The van der Waals surface area contributed by atoms with E-state index in [9.17, 15) is 15.0 Å². The Morgan fingerprint density at radius 2 is 1.00 bits per heavy atom. The van der Waals surface area contributed by atoms with E-state index in [0.717, 1.165) is 44.9 Å². The van der Waals surface area contributed by atoms with Crippen LogP contribution < -0.4 is 5.32 Å². The monoisotopic (exact) mass is 592 g/mol. The number of hydrogen-bond donors (Lipinski definition) is 3. The van der Waals surface area contributed by atoms with Crippen LogP contribution in [0.2, 0.25) is 0 Å². The Labute approximate surface area is 262 Å². The molecule has 42 heavy (non-hydrogen) atoms. The van der Waals surface area contributed by atoms with Gasteiger partial charge >= 0.3 is 0 Å². The minimum atomic E-state index is -0.662. The van der Waals surface area contributed by atoms with Crippen LogP contribution in [0.1, 0.15) is 194 Å². The Hall–Kier alpha value is -1.13. The zero-order valence-corrected chi connectivity index (χ0v) is 28.3. The smallest absolute Gasteiger partial charge is 0.220 e. The Kier molecular flexibility index (Phi) is 33.4. The van der Waals surface area contributed by atoms with Gasteiger partial charge < -0.3 is 15.5 Å². The van der Waals surface area contributed by atoms with Crippen LogP contribution in [0.15, 0.2) is 24.3 Å². The summed E-state index contributed by atoms with van der Waals surface area (Å²) < 4.78 is 0. The molecule has 0 aliphatic carbocycles. The van der Waals surface area contributed by atoms with Crippen LogP contribution in [-0.2, 0) is 4.79 Å². The molecular formula is C38H73NO3. The van der Waals surface area contributed by atoms with E-state index in [0.29, 0.717) is 12.8 Å². The molecule has 0 saturated heterocycles. The van der Waals surface area contributed by atoms with Gasteiger partial charge in [0.1, 0.15) is 0 Å². The number of allylic oxidation sites excluding steroid dienone is 4. The summed E-state index contributed by atoms with van der Waals surface area (Å²) in [5, 5.41) is 23.0. The summed E-state index contributed by atoms with van der Waals surface area (Å²) in [6.07, 6.45) is 42.3. The Morgan fingerprint density at radius 1 is 0.571 bits per heavy atom. The van der Waals surface area contributed by atoms with Gasteiger partial charge in [0.25, 0.3) is 0 Å². The van der Waals surface area contributed by atoms with Crippen molar-refractivity contribution in [1.82, 2.24) is 5.32 Å². The molecule has 0 heterocycles. The molecule has 248 valence electrons. The van der Waals surface area contributed by atoms with Gasteiger partial charge in [0.2, 0.25) is 5.91 Å². The molecule has 3 N–H and O–H groups in total. The highest BCUT2D eigenvalue weighted by atomic mass is 16.3. The average Bonchev–Trinajstić information content (AvgIpc) is 2.99. The van der Waals surface area contributed by atoms with Gasteiger partial charge in [-0.2, -0.15) is 0 Å². The maximum absolute atomic E-state index is 12.3. The molecule has 0 aromatic carbocycles. The van der Waals surface area contributed by atoms with Crippen molar-refractivity contribution in [2.45, 2.75) is 206 Å². The molecule has 1 amide bonds. The van der Waals surface area contributed by atoms with E-state index in [4.69, 9.17) is 0 Å². The lowest BCUT2D eigenvalue weighted by molar-refractivity contribution is -0.123. The first-order chi connectivity index (χ1) is 20.7. The van der Waals surface area contributed by atoms with Crippen LogP contribution >= 0.6 is 0 Å². The highest BCUT2D eigenvalue weighted by Gasteiger charge is 2.19. The number of hydrogen-bond acceptors (Lipinski definition) is 3. The van der Waals surface area contributed by atoms with Crippen molar-refractivity contribution in [3.63, 3.8) is 0 Å². The van der Waals surface area contributed by atoms with Crippen molar-refractivity contribution >= 4 is 5.91 Å². The molecule has 0 rings (SSSR count). The molecular weight excluding hydrogens is 518 g/mol. The average molecular weight is 592 g/mol. The summed E-state index contributed by atoms with van der Waals surface area (Å²) in [7, 11) is 0. The first-order valence-electron chi connectivity index (χ1n) is 18.5. The predicted molar refractivity (Wildman–Crippen MR) is 184 cm³/mol. The second-order valence-corrected chi connectivity index (χ2v) is 12.6. The first-order valence-corrected chi connectivity index (χ1v) is 18.5. The van der Waals surface area contributed by atoms with E-state index in [-0.39, 0.29) is 12.5 Å². The number of nitrogens with one attached hydrogen (secondary N) is 1. The normalized spacial score (nSPS) is 13.3. The van der Waals surface area contributed by atoms with E-state index in [1.165, 1.54) is 122 Å². The van der Waals surface area contributed by atoms with Gasteiger partial charge in [0.15, 0.2) is 0 Å². The topological polar surface area (TPSA) is 69.6 Å². The van der Waals surface area contributed by atoms with Crippen molar-refractivity contribution < 1.29 is 15.0 Å². The van der Waals surface area contributed by atoms with E-state index in [1.807, 2.05) is 0 Å². The molecule has 0 aromatic rings. The Balaban J connectivity index is 3.58. The molecule has 0 aromatic heterocycles. The molecule has 4 heteroatoms. The highest BCUT2D eigenvalue weighted by Crippen LogP contribution is 2.15. The van der Waals surface area contributed by atoms with E-state index < -0.39 is 12.1 Å². The second kappa shape index (κ2) is 34.4. The lowest BCUT2D eigenvalue weighted by Gasteiger charge is -2.22.